The number of benzene rings is 1. The van der Waals surface area contributed by atoms with Gasteiger partial charge in [0.05, 0.1) is 28.4 Å². The first-order valence-corrected chi connectivity index (χ1v) is 10.8. The molecule has 1 fully saturated rings. The SMILES string of the molecule is CCCCCC[C@H]1[C@H]([N+](=O)[O-])[C@H](c2ccc([N+](=O)[O-])cc2)[C@@H](C=O)[C@]1(O)c1ccccn1. The number of hydrogen-bond acceptors (Lipinski definition) is 7. The predicted octanol–water partition coefficient (Wildman–Crippen LogP) is 4.02. The fourth-order valence-electron chi connectivity index (χ4n) is 5.08. The molecule has 1 heterocycles. The second-order valence-corrected chi connectivity index (χ2v) is 8.31. The van der Waals surface area contributed by atoms with Crippen LogP contribution in [0.1, 0.15) is 56.2 Å². The minimum atomic E-state index is -1.82. The van der Waals surface area contributed by atoms with Crippen molar-refractivity contribution >= 4 is 12.0 Å². The van der Waals surface area contributed by atoms with Crippen LogP contribution in [-0.4, -0.2) is 32.3 Å². The summed E-state index contributed by atoms with van der Waals surface area (Å²) in [7, 11) is 0. The molecule has 0 saturated heterocycles. The maximum absolute atomic E-state index is 12.3. The lowest BCUT2D eigenvalue weighted by Gasteiger charge is -2.32. The molecule has 1 aliphatic carbocycles. The molecule has 2 aromatic rings. The molecular formula is C23H27N3O6. The molecule has 0 aliphatic heterocycles. The zero-order valence-corrected chi connectivity index (χ0v) is 17.9. The molecule has 170 valence electrons. The number of hydrogen-bond donors (Lipinski definition) is 1. The fourth-order valence-corrected chi connectivity index (χ4v) is 5.08. The van der Waals surface area contributed by atoms with Crippen molar-refractivity contribution in [3.8, 4) is 0 Å². The van der Waals surface area contributed by atoms with Crippen LogP contribution in [-0.2, 0) is 10.4 Å². The van der Waals surface area contributed by atoms with Crippen molar-refractivity contribution in [2.75, 3.05) is 0 Å². The van der Waals surface area contributed by atoms with Crippen LogP contribution in [0.15, 0.2) is 48.7 Å². The van der Waals surface area contributed by atoms with Gasteiger partial charge in [-0.05, 0) is 24.1 Å². The largest absolute Gasteiger partial charge is 0.382 e. The minimum absolute atomic E-state index is 0.150. The Kier molecular flexibility index (Phi) is 7.29. The second-order valence-electron chi connectivity index (χ2n) is 8.31. The maximum Gasteiger partial charge on any atom is 0.269 e. The lowest BCUT2D eigenvalue weighted by Crippen LogP contribution is -2.41. The first-order valence-electron chi connectivity index (χ1n) is 10.8. The van der Waals surface area contributed by atoms with Crippen molar-refractivity contribution in [1.82, 2.24) is 4.98 Å². The predicted molar refractivity (Wildman–Crippen MR) is 117 cm³/mol. The number of nitro benzene ring substituents is 1. The monoisotopic (exact) mass is 441 g/mol. The van der Waals surface area contributed by atoms with E-state index in [0.717, 1.165) is 19.3 Å². The second kappa shape index (κ2) is 9.95. The van der Waals surface area contributed by atoms with Crippen LogP contribution in [0.4, 0.5) is 5.69 Å². The minimum Gasteiger partial charge on any atom is -0.382 e. The van der Waals surface area contributed by atoms with Crippen molar-refractivity contribution in [3.63, 3.8) is 0 Å². The molecule has 0 radical (unpaired) electrons. The molecule has 0 amide bonds. The van der Waals surface area contributed by atoms with Crippen molar-refractivity contribution in [2.24, 2.45) is 11.8 Å². The molecule has 32 heavy (non-hydrogen) atoms. The molecule has 1 saturated carbocycles. The Bertz CT molecular complexity index is 952. The highest BCUT2D eigenvalue weighted by Crippen LogP contribution is 2.56. The van der Waals surface area contributed by atoms with Gasteiger partial charge in [0.25, 0.3) is 5.69 Å². The molecule has 0 unspecified atom stereocenters. The Labute approximate surface area is 185 Å². The number of nitro groups is 2. The number of carbonyl (C=O) groups excluding carboxylic acids is 1. The lowest BCUT2D eigenvalue weighted by atomic mass is 9.77. The average Bonchev–Trinajstić information content (AvgIpc) is 3.06. The summed E-state index contributed by atoms with van der Waals surface area (Å²) < 4.78 is 0. The summed E-state index contributed by atoms with van der Waals surface area (Å²) in [6, 6.07) is 9.11. The van der Waals surface area contributed by atoms with Gasteiger partial charge in [-0.2, -0.15) is 0 Å². The number of aliphatic hydroxyl groups is 1. The molecule has 1 N–H and O–H groups in total. The zero-order valence-electron chi connectivity index (χ0n) is 17.9. The van der Waals surface area contributed by atoms with Crippen LogP contribution in [0.5, 0.6) is 0 Å². The number of aromatic nitrogens is 1. The quantitative estimate of drug-likeness (QED) is 0.254. The van der Waals surface area contributed by atoms with E-state index in [9.17, 15) is 30.1 Å². The van der Waals surface area contributed by atoms with Crippen LogP contribution in [0.2, 0.25) is 0 Å². The average molecular weight is 441 g/mol. The number of rotatable bonds is 10. The number of non-ortho nitro benzene ring substituents is 1. The third-order valence-corrected chi connectivity index (χ3v) is 6.56. The van der Waals surface area contributed by atoms with Crippen LogP contribution in [0, 0.1) is 32.1 Å². The summed E-state index contributed by atoms with van der Waals surface area (Å²) >= 11 is 0. The van der Waals surface area contributed by atoms with Crippen LogP contribution in [0.25, 0.3) is 0 Å². The normalized spacial score (nSPS) is 27.2. The van der Waals surface area contributed by atoms with Crippen molar-refractivity contribution in [1.29, 1.82) is 0 Å². The Morgan fingerprint density at radius 2 is 1.81 bits per heavy atom. The van der Waals surface area contributed by atoms with Crippen LogP contribution in [0.3, 0.4) is 0 Å². The third kappa shape index (κ3) is 4.25. The van der Waals surface area contributed by atoms with E-state index in [0.29, 0.717) is 24.7 Å². The van der Waals surface area contributed by atoms with E-state index < -0.39 is 39.2 Å². The summed E-state index contributed by atoms with van der Waals surface area (Å²) in [5.41, 5.74) is -1.32. The third-order valence-electron chi connectivity index (χ3n) is 6.56. The van der Waals surface area contributed by atoms with Gasteiger partial charge in [-0.15, -0.1) is 0 Å². The number of pyridine rings is 1. The molecule has 1 aromatic carbocycles. The van der Waals surface area contributed by atoms with Gasteiger partial charge >= 0.3 is 0 Å². The topological polar surface area (TPSA) is 136 Å². The summed E-state index contributed by atoms with van der Waals surface area (Å²) in [4.78, 5) is 38.9. The van der Waals surface area contributed by atoms with Gasteiger partial charge in [0.1, 0.15) is 11.9 Å². The molecular weight excluding hydrogens is 414 g/mol. The first kappa shape index (κ1) is 23.5. The van der Waals surface area contributed by atoms with Gasteiger partial charge in [0.15, 0.2) is 0 Å². The molecule has 9 nitrogen and oxygen atoms in total. The first-order chi connectivity index (χ1) is 15.4. The highest BCUT2D eigenvalue weighted by Gasteiger charge is 2.66. The van der Waals surface area contributed by atoms with Crippen LogP contribution < -0.4 is 0 Å². The fraction of sp³-hybridized carbons (Fsp3) is 0.478. The number of aldehydes is 1. The Balaban J connectivity index is 2.12. The van der Waals surface area contributed by atoms with Gasteiger partial charge < -0.3 is 9.90 Å². The molecule has 1 aromatic heterocycles. The summed E-state index contributed by atoms with van der Waals surface area (Å²) in [6.07, 6.45) is 5.94. The van der Waals surface area contributed by atoms with Gasteiger partial charge in [-0.25, -0.2) is 0 Å². The van der Waals surface area contributed by atoms with Crippen LogP contribution >= 0.6 is 0 Å². The number of unbranched alkanes of at least 4 members (excludes halogenated alkanes) is 3. The van der Waals surface area contributed by atoms with Gasteiger partial charge in [0.2, 0.25) is 6.04 Å². The number of nitrogens with zero attached hydrogens (tertiary/aromatic N) is 3. The van der Waals surface area contributed by atoms with Gasteiger partial charge in [-0.1, -0.05) is 50.8 Å². The summed E-state index contributed by atoms with van der Waals surface area (Å²) in [6.45, 7) is 2.06. The van der Waals surface area contributed by atoms with E-state index >= 15 is 0 Å². The van der Waals surface area contributed by atoms with Crippen molar-refractivity contribution < 1.29 is 19.7 Å². The van der Waals surface area contributed by atoms with Gasteiger partial charge in [-0.3, -0.25) is 25.2 Å². The van der Waals surface area contributed by atoms with E-state index in [2.05, 4.69) is 11.9 Å². The number of carbonyl (C=O) groups is 1. The van der Waals surface area contributed by atoms with E-state index in [-0.39, 0.29) is 11.4 Å². The Morgan fingerprint density at radius 3 is 2.34 bits per heavy atom. The smallest absolute Gasteiger partial charge is 0.269 e. The van der Waals surface area contributed by atoms with Gasteiger partial charge in [0, 0.05) is 23.3 Å². The van der Waals surface area contributed by atoms with Crippen molar-refractivity contribution in [3.05, 3.63) is 80.1 Å². The highest BCUT2D eigenvalue weighted by atomic mass is 16.6. The summed E-state index contributed by atoms with van der Waals surface area (Å²) in [5.74, 6) is -2.89. The highest BCUT2D eigenvalue weighted by molar-refractivity contribution is 5.61. The van der Waals surface area contributed by atoms with E-state index in [4.69, 9.17) is 0 Å². The molecule has 1 aliphatic rings. The van der Waals surface area contributed by atoms with E-state index in [1.807, 2.05) is 0 Å². The molecule has 0 bridgehead atoms. The standard InChI is InChI=1S/C23H27N3O6/c1-2-3-4-5-8-18-22(26(31)32)21(16-10-12-17(13-11-16)25(29)30)19(15-27)23(18,28)20-9-6-7-14-24-20/h6-7,9-15,18-19,21-22,28H,2-5,8H2,1H3/t18-,19+,21+,22-,23-/m0/s1. The molecule has 3 rings (SSSR count). The molecule has 9 heteroatoms. The lowest BCUT2D eigenvalue weighted by molar-refractivity contribution is -0.534. The Morgan fingerprint density at radius 1 is 1.09 bits per heavy atom. The van der Waals surface area contributed by atoms with E-state index in [1.54, 1.807) is 18.2 Å². The maximum atomic E-state index is 12.3. The summed E-state index contributed by atoms with van der Waals surface area (Å²) in [5, 5.41) is 35.2. The zero-order chi connectivity index (χ0) is 23.3. The molecule has 0 spiro atoms. The van der Waals surface area contributed by atoms with Crippen molar-refractivity contribution in [2.45, 2.75) is 56.6 Å². The Hall–Kier alpha value is -3.20. The molecule has 5 atom stereocenters. The van der Waals surface area contributed by atoms with E-state index in [1.165, 1.54) is 30.5 Å².